The van der Waals surface area contributed by atoms with Crippen molar-refractivity contribution < 1.29 is 8.42 Å². The molecule has 3 rings (SSSR count). The van der Waals surface area contributed by atoms with E-state index in [9.17, 15) is 8.42 Å². The summed E-state index contributed by atoms with van der Waals surface area (Å²) in [4.78, 5) is 0.343. The second-order valence-electron chi connectivity index (χ2n) is 5.44. The van der Waals surface area contributed by atoms with E-state index in [1.165, 1.54) is 0 Å². The second kappa shape index (κ2) is 5.14. The Hall–Kier alpha value is -1.33. The Morgan fingerprint density at radius 1 is 1.14 bits per heavy atom. The van der Waals surface area contributed by atoms with E-state index < -0.39 is 10.0 Å². The van der Waals surface area contributed by atoms with Crippen LogP contribution < -0.4 is 4.31 Å². The molecule has 0 bridgehead atoms. The van der Waals surface area contributed by atoms with Gasteiger partial charge >= 0.3 is 0 Å². The number of nitrogens with zero attached hydrogens (tertiary/aromatic N) is 1. The van der Waals surface area contributed by atoms with Crippen LogP contribution in [0.15, 0.2) is 51.8 Å². The van der Waals surface area contributed by atoms with Crippen molar-refractivity contribution in [3.8, 4) is 0 Å². The summed E-state index contributed by atoms with van der Waals surface area (Å²) in [6.45, 7) is 3.89. The van der Waals surface area contributed by atoms with Gasteiger partial charge in [0.05, 0.1) is 10.6 Å². The maximum Gasteiger partial charge on any atom is 0.264 e. The van der Waals surface area contributed by atoms with Gasteiger partial charge in [-0.1, -0.05) is 33.6 Å². The topological polar surface area (TPSA) is 37.4 Å². The molecule has 1 aliphatic rings. The molecular weight excluding hydrogens is 350 g/mol. The summed E-state index contributed by atoms with van der Waals surface area (Å²) in [6.07, 6.45) is 0.736. The van der Waals surface area contributed by atoms with E-state index in [1.807, 2.05) is 44.2 Å². The Kier molecular flexibility index (Phi) is 3.58. The summed E-state index contributed by atoms with van der Waals surface area (Å²) in [5.41, 5.74) is 2.89. The monoisotopic (exact) mass is 365 g/mol. The predicted octanol–water partition coefficient (Wildman–Crippen LogP) is 3.90. The van der Waals surface area contributed by atoms with Crippen molar-refractivity contribution in [3.05, 3.63) is 58.1 Å². The average Bonchev–Trinajstić information content (AvgIpc) is 2.74. The number of halogens is 1. The van der Waals surface area contributed by atoms with E-state index in [-0.39, 0.29) is 6.04 Å². The van der Waals surface area contributed by atoms with Crippen LogP contribution in [-0.2, 0) is 16.4 Å². The fourth-order valence-electron chi connectivity index (χ4n) is 2.76. The first-order valence-electron chi connectivity index (χ1n) is 6.79. The maximum absolute atomic E-state index is 12.9. The molecule has 1 atom stereocenters. The largest absolute Gasteiger partial charge is 0.264 e. The summed E-state index contributed by atoms with van der Waals surface area (Å²) in [5.74, 6) is 0. The SMILES string of the molecule is Cc1ccc(S(=O)(=O)N2c3ccc(Br)cc3CC2C)cc1. The van der Waals surface area contributed by atoms with Gasteiger partial charge in [0.25, 0.3) is 10.0 Å². The number of anilines is 1. The molecule has 0 saturated carbocycles. The zero-order chi connectivity index (χ0) is 15.2. The number of benzene rings is 2. The van der Waals surface area contributed by atoms with Crippen LogP contribution in [0.25, 0.3) is 0 Å². The van der Waals surface area contributed by atoms with Gasteiger partial charge in [0.15, 0.2) is 0 Å². The lowest BCUT2D eigenvalue weighted by atomic mass is 10.1. The van der Waals surface area contributed by atoms with E-state index in [2.05, 4.69) is 15.9 Å². The molecule has 0 radical (unpaired) electrons. The van der Waals surface area contributed by atoms with Gasteiger partial charge in [0.1, 0.15) is 0 Å². The smallest absolute Gasteiger partial charge is 0.263 e. The fourth-order valence-corrected chi connectivity index (χ4v) is 4.86. The molecule has 110 valence electrons. The van der Waals surface area contributed by atoms with Crippen LogP contribution in [0, 0.1) is 6.92 Å². The van der Waals surface area contributed by atoms with Crippen LogP contribution in [0.3, 0.4) is 0 Å². The molecule has 21 heavy (non-hydrogen) atoms. The lowest BCUT2D eigenvalue weighted by Gasteiger charge is -2.24. The molecule has 2 aromatic rings. The number of sulfonamides is 1. The molecule has 3 nitrogen and oxygen atoms in total. The minimum Gasteiger partial charge on any atom is -0.263 e. The molecule has 0 spiro atoms. The van der Waals surface area contributed by atoms with Gasteiger partial charge < -0.3 is 0 Å². The van der Waals surface area contributed by atoms with Gasteiger partial charge in [-0.15, -0.1) is 0 Å². The zero-order valence-corrected chi connectivity index (χ0v) is 14.3. The molecule has 0 N–H and O–H groups in total. The standard InChI is InChI=1S/C16H16BrNO2S/c1-11-3-6-15(7-4-11)21(19,20)18-12(2)9-13-10-14(17)5-8-16(13)18/h3-8,10,12H,9H2,1-2H3. The van der Waals surface area contributed by atoms with Crippen LogP contribution in [0.4, 0.5) is 5.69 Å². The Labute approximate surface area is 133 Å². The van der Waals surface area contributed by atoms with Crippen LogP contribution in [-0.4, -0.2) is 14.5 Å². The highest BCUT2D eigenvalue weighted by Crippen LogP contribution is 2.38. The molecule has 0 aliphatic carbocycles. The predicted molar refractivity (Wildman–Crippen MR) is 88.2 cm³/mol. The van der Waals surface area contributed by atoms with Crippen molar-refractivity contribution in [2.45, 2.75) is 31.2 Å². The van der Waals surface area contributed by atoms with Crippen molar-refractivity contribution in [1.82, 2.24) is 0 Å². The number of aryl methyl sites for hydroxylation is 1. The summed E-state index contributed by atoms with van der Waals surface area (Å²) in [6, 6.07) is 12.7. The minimum absolute atomic E-state index is 0.0689. The quantitative estimate of drug-likeness (QED) is 0.809. The van der Waals surface area contributed by atoms with Gasteiger partial charge in [0, 0.05) is 10.5 Å². The van der Waals surface area contributed by atoms with E-state index in [0.717, 1.165) is 27.7 Å². The summed E-state index contributed by atoms with van der Waals surface area (Å²) in [5, 5.41) is 0. The van der Waals surface area contributed by atoms with Gasteiger partial charge in [-0.05, 0) is 56.2 Å². The van der Waals surface area contributed by atoms with E-state index in [1.54, 1.807) is 16.4 Å². The first-order valence-corrected chi connectivity index (χ1v) is 9.02. The molecule has 0 amide bonds. The molecular formula is C16H16BrNO2S. The highest BCUT2D eigenvalue weighted by Gasteiger charge is 2.35. The van der Waals surface area contributed by atoms with E-state index >= 15 is 0 Å². The van der Waals surface area contributed by atoms with Gasteiger partial charge in [-0.2, -0.15) is 0 Å². The fraction of sp³-hybridized carbons (Fsp3) is 0.250. The highest BCUT2D eigenvalue weighted by molar-refractivity contribution is 9.10. The third kappa shape index (κ3) is 2.49. The average molecular weight is 366 g/mol. The van der Waals surface area contributed by atoms with Crippen molar-refractivity contribution in [2.24, 2.45) is 0 Å². The van der Waals surface area contributed by atoms with Gasteiger partial charge in [-0.3, -0.25) is 4.31 Å². The molecule has 1 aliphatic heterocycles. The van der Waals surface area contributed by atoms with E-state index in [0.29, 0.717) is 4.90 Å². The molecule has 2 aromatic carbocycles. The van der Waals surface area contributed by atoms with Crippen molar-refractivity contribution in [3.63, 3.8) is 0 Å². The minimum atomic E-state index is -3.51. The van der Waals surface area contributed by atoms with Crippen molar-refractivity contribution >= 4 is 31.6 Å². The first kappa shape index (κ1) is 14.6. The summed E-state index contributed by atoms with van der Waals surface area (Å²) in [7, 11) is -3.51. The number of rotatable bonds is 2. The highest BCUT2D eigenvalue weighted by atomic mass is 79.9. The van der Waals surface area contributed by atoms with Crippen molar-refractivity contribution in [2.75, 3.05) is 4.31 Å². The Balaban J connectivity index is 2.10. The molecule has 1 heterocycles. The van der Waals surface area contributed by atoms with Crippen molar-refractivity contribution in [1.29, 1.82) is 0 Å². The lowest BCUT2D eigenvalue weighted by molar-refractivity contribution is 0.584. The lowest BCUT2D eigenvalue weighted by Crippen LogP contribution is -2.35. The first-order chi connectivity index (χ1) is 9.89. The molecule has 1 unspecified atom stereocenters. The van der Waals surface area contributed by atoms with Crippen LogP contribution in [0.5, 0.6) is 0 Å². The van der Waals surface area contributed by atoms with Gasteiger partial charge in [0.2, 0.25) is 0 Å². The number of hydrogen-bond acceptors (Lipinski definition) is 2. The normalized spacial score (nSPS) is 17.9. The third-order valence-corrected chi connectivity index (χ3v) is 6.21. The Bertz CT molecular complexity index is 784. The molecule has 0 aromatic heterocycles. The van der Waals surface area contributed by atoms with Crippen LogP contribution >= 0.6 is 15.9 Å². The third-order valence-electron chi connectivity index (χ3n) is 3.77. The summed E-state index contributed by atoms with van der Waals surface area (Å²) >= 11 is 3.44. The number of hydrogen-bond donors (Lipinski definition) is 0. The maximum atomic E-state index is 12.9. The molecule has 5 heteroatoms. The second-order valence-corrected chi connectivity index (χ2v) is 8.17. The molecule has 0 fully saturated rings. The zero-order valence-electron chi connectivity index (χ0n) is 11.9. The number of fused-ring (bicyclic) bond motifs is 1. The van der Waals surface area contributed by atoms with Crippen LogP contribution in [0.1, 0.15) is 18.1 Å². The Morgan fingerprint density at radius 3 is 2.48 bits per heavy atom. The van der Waals surface area contributed by atoms with Gasteiger partial charge in [-0.25, -0.2) is 8.42 Å². The van der Waals surface area contributed by atoms with Crippen LogP contribution in [0.2, 0.25) is 0 Å². The Morgan fingerprint density at radius 2 is 1.81 bits per heavy atom. The van der Waals surface area contributed by atoms with E-state index in [4.69, 9.17) is 0 Å². The molecule has 0 saturated heterocycles. The summed E-state index contributed by atoms with van der Waals surface area (Å²) < 4.78 is 28.4.